The van der Waals surface area contributed by atoms with Gasteiger partial charge in [0.05, 0.1) is 0 Å². The molecule has 1 aliphatic rings. The molecule has 6 heteroatoms. The minimum absolute atomic E-state index is 0.345. The first-order valence-corrected chi connectivity index (χ1v) is 8.24. The zero-order chi connectivity index (χ0) is 18.1. The monoisotopic (exact) mass is 347 g/mol. The van der Waals surface area contributed by atoms with Gasteiger partial charge in [0.25, 0.3) is 0 Å². The lowest BCUT2D eigenvalue weighted by atomic mass is 9.93. The number of carbonyl (C=O) groups is 1. The molecule has 26 heavy (non-hydrogen) atoms. The predicted octanol–water partition coefficient (Wildman–Crippen LogP) is 3.71. The summed E-state index contributed by atoms with van der Waals surface area (Å²) in [6.07, 6.45) is 3.45. The molecule has 0 fully saturated rings. The number of aryl methyl sites for hydroxylation is 1. The number of aromatic nitrogens is 3. The second-order valence-electron chi connectivity index (χ2n) is 6.16. The van der Waals surface area contributed by atoms with Crippen LogP contribution in [0.1, 0.15) is 35.4 Å². The molecule has 0 aliphatic carbocycles. The highest BCUT2D eigenvalue weighted by Gasteiger charge is 2.27. The zero-order valence-corrected chi connectivity index (χ0v) is 14.4. The maximum atomic E-state index is 11.1. The molecule has 130 valence electrons. The fourth-order valence-corrected chi connectivity index (χ4v) is 2.97. The molecule has 0 radical (unpaired) electrons. The highest BCUT2D eigenvalue weighted by Crippen LogP contribution is 2.41. The molecule has 0 amide bonds. The van der Waals surface area contributed by atoms with Gasteiger partial charge in [-0.05, 0) is 42.3 Å². The van der Waals surface area contributed by atoms with Crippen LogP contribution in [0.2, 0.25) is 0 Å². The Labute approximate surface area is 150 Å². The van der Waals surface area contributed by atoms with Crippen LogP contribution in [0.4, 0.5) is 0 Å². The Balaban J connectivity index is 1.77. The van der Waals surface area contributed by atoms with Crippen molar-refractivity contribution in [2.75, 3.05) is 0 Å². The summed E-state index contributed by atoms with van der Waals surface area (Å²) in [4.78, 5) is 11.1. The van der Waals surface area contributed by atoms with E-state index in [0.29, 0.717) is 11.4 Å². The van der Waals surface area contributed by atoms with Crippen molar-refractivity contribution in [1.82, 2.24) is 15.4 Å². The van der Waals surface area contributed by atoms with Crippen LogP contribution in [0, 0.1) is 6.92 Å². The van der Waals surface area contributed by atoms with Gasteiger partial charge in [0.15, 0.2) is 6.10 Å². The number of hydrogen-bond donors (Lipinski definition) is 1. The van der Waals surface area contributed by atoms with Crippen LogP contribution in [-0.2, 0) is 4.79 Å². The Morgan fingerprint density at radius 1 is 1.19 bits per heavy atom. The van der Waals surface area contributed by atoms with Crippen molar-refractivity contribution in [2.24, 2.45) is 0 Å². The van der Waals surface area contributed by atoms with Crippen molar-refractivity contribution in [3.05, 3.63) is 71.0 Å². The Morgan fingerprint density at radius 3 is 2.69 bits per heavy atom. The Morgan fingerprint density at radius 2 is 2.00 bits per heavy atom. The van der Waals surface area contributed by atoms with Crippen LogP contribution in [-0.4, -0.2) is 21.4 Å². The lowest BCUT2D eigenvalue weighted by Gasteiger charge is -2.26. The van der Waals surface area contributed by atoms with Gasteiger partial charge in [-0.3, -0.25) is 9.89 Å². The molecule has 0 saturated carbocycles. The summed E-state index contributed by atoms with van der Waals surface area (Å²) in [6, 6.07) is 13.4. The van der Waals surface area contributed by atoms with E-state index in [1.165, 1.54) is 6.92 Å². The first-order valence-electron chi connectivity index (χ1n) is 8.24. The van der Waals surface area contributed by atoms with Gasteiger partial charge in [-0.1, -0.05) is 29.5 Å². The van der Waals surface area contributed by atoms with Gasteiger partial charge in [0.2, 0.25) is 0 Å². The molecular formula is C20H17N3O3. The summed E-state index contributed by atoms with van der Waals surface area (Å²) in [5, 5.41) is 10.7. The van der Waals surface area contributed by atoms with Crippen LogP contribution in [0.15, 0.2) is 48.7 Å². The van der Waals surface area contributed by atoms with E-state index < -0.39 is 0 Å². The number of aromatic amines is 1. The van der Waals surface area contributed by atoms with Crippen LogP contribution < -0.4 is 9.47 Å². The number of nitrogens with zero attached hydrogens (tertiary/aromatic N) is 2. The Kier molecular flexibility index (Phi) is 4.01. The molecule has 0 spiro atoms. The third-order valence-electron chi connectivity index (χ3n) is 4.16. The quantitative estimate of drug-likeness (QED) is 0.577. The van der Waals surface area contributed by atoms with Crippen LogP contribution in [0.25, 0.3) is 11.6 Å². The van der Waals surface area contributed by atoms with E-state index in [4.69, 9.17) is 9.47 Å². The summed E-state index contributed by atoms with van der Waals surface area (Å²) in [5.41, 5.74) is 4.76. The van der Waals surface area contributed by atoms with Crippen LogP contribution in [0.3, 0.4) is 0 Å². The third kappa shape index (κ3) is 3.09. The molecule has 1 aromatic heterocycles. The highest BCUT2D eigenvalue weighted by molar-refractivity contribution is 5.88. The van der Waals surface area contributed by atoms with E-state index in [1.54, 1.807) is 18.3 Å². The van der Waals surface area contributed by atoms with Gasteiger partial charge < -0.3 is 9.47 Å². The molecule has 3 aromatic rings. The highest BCUT2D eigenvalue weighted by atomic mass is 16.5. The van der Waals surface area contributed by atoms with Crippen molar-refractivity contribution in [1.29, 1.82) is 0 Å². The molecular weight excluding hydrogens is 330 g/mol. The summed E-state index contributed by atoms with van der Waals surface area (Å²) in [7, 11) is 0. The number of fused-ring (bicyclic) bond motifs is 1. The Bertz CT molecular complexity index is 976. The van der Waals surface area contributed by atoms with Crippen molar-refractivity contribution < 1.29 is 14.3 Å². The van der Waals surface area contributed by atoms with Gasteiger partial charge in [-0.15, -0.1) is 5.10 Å². The average Bonchev–Trinajstić information content (AvgIpc) is 3.15. The summed E-state index contributed by atoms with van der Waals surface area (Å²) in [6.45, 7) is 3.41. The molecule has 4 rings (SSSR count). The normalized spacial score (nSPS) is 15.6. The van der Waals surface area contributed by atoms with Crippen molar-refractivity contribution in [2.45, 2.75) is 20.0 Å². The molecule has 2 aromatic carbocycles. The fraction of sp³-hybridized carbons (Fsp3) is 0.150. The first kappa shape index (κ1) is 16.1. The van der Waals surface area contributed by atoms with Gasteiger partial charge in [0, 0.05) is 24.3 Å². The molecule has 1 atom stereocenters. The van der Waals surface area contributed by atoms with Crippen LogP contribution in [0.5, 0.6) is 11.5 Å². The van der Waals surface area contributed by atoms with Gasteiger partial charge in [0.1, 0.15) is 17.2 Å². The molecule has 2 heterocycles. The number of H-pyrrole nitrogens is 1. The lowest BCUT2D eigenvalue weighted by molar-refractivity contribution is -0.131. The minimum Gasteiger partial charge on any atom is -0.479 e. The van der Waals surface area contributed by atoms with E-state index in [9.17, 15) is 4.79 Å². The molecule has 0 saturated heterocycles. The number of rotatable bonds is 3. The first-order chi connectivity index (χ1) is 12.6. The van der Waals surface area contributed by atoms with E-state index in [0.717, 1.165) is 28.0 Å². The summed E-state index contributed by atoms with van der Waals surface area (Å²) >= 11 is 0. The number of benzene rings is 2. The molecule has 1 unspecified atom stereocenters. The zero-order valence-electron chi connectivity index (χ0n) is 14.4. The number of carbonyl (C=O) groups excluding carboxylic acids is 1. The molecule has 1 N–H and O–H groups in total. The topological polar surface area (TPSA) is 77.1 Å². The van der Waals surface area contributed by atoms with E-state index >= 15 is 0 Å². The van der Waals surface area contributed by atoms with E-state index in [-0.39, 0.29) is 12.1 Å². The Hall–Kier alpha value is -3.41. The standard InChI is InChI=1S/C20H17N3O3/c1-12-3-4-15-10-17(14-5-7-16(8-6-14)25-13(2)24)20(26-19(15)9-12)18-11-21-23-22-18/h3-11,20H,1-2H3,(H,21,22,23). The third-order valence-corrected chi connectivity index (χ3v) is 4.16. The molecule has 6 nitrogen and oxygen atoms in total. The molecule has 1 aliphatic heterocycles. The molecule has 0 bridgehead atoms. The maximum absolute atomic E-state index is 11.1. The van der Waals surface area contributed by atoms with Crippen LogP contribution >= 0.6 is 0 Å². The number of hydrogen-bond acceptors (Lipinski definition) is 5. The van der Waals surface area contributed by atoms with Crippen molar-refractivity contribution >= 4 is 17.6 Å². The summed E-state index contributed by atoms with van der Waals surface area (Å²) in [5.74, 6) is 0.980. The second kappa shape index (κ2) is 6.48. The van der Waals surface area contributed by atoms with Gasteiger partial charge in [-0.25, -0.2) is 0 Å². The average molecular weight is 347 g/mol. The minimum atomic E-state index is -0.373. The number of esters is 1. The summed E-state index contributed by atoms with van der Waals surface area (Å²) < 4.78 is 11.4. The fourth-order valence-electron chi connectivity index (χ4n) is 2.97. The number of nitrogens with one attached hydrogen (secondary N) is 1. The van der Waals surface area contributed by atoms with Gasteiger partial charge in [-0.2, -0.15) is 0 Å². The van der Waals surface area contributed by atoms with Crippen molar-refractivity contribution in [3.8, 4) is 11.5 Å². The lowest BCUT2D eigenvalue weighted by Crippen LogP contribution is -2.15. The maximum Gasteiger partial charge on any atom is 0.308 e. The predicted molar refractivity (Wildman–Crippen MR) is 96.6 cm³/mol. The smallest absolute Gasteiger partial charge is 0.308 e. The van der Waals surface area contributed by atoms with Crippen molar-refractivity contribution in [3.63, 3.8) is 0 Å². The van der Waals surface area contributed by atoms with Gasteiger partial charge >= 0.3 is 5.97 Å². The van der Waals surface area contributed by atoms with E-state index in [1.807, 2.05) is 31.2 Å². The SMILES string of the molecule is CC(=O)Oc1ccc(C2=Cc3ccc(C)cc3OC2c2c[nH]nn2)cc1. The largest absolute Gasteiger partial charge is 0.479 e. The number of ether oxygens (including phenoxy) is 2. The van der Waals surface area contributed by atoms with E-state index in [2.05, 4.69) is 27.6 Å². The second-order valence-corrected chi connectivity index (χ2v) is 6.16.